The average Bonchev–Trinajstić information content (AvgIpc) is 2.38. The summed E-state index contributed by atoms with van der Waals surface area (Å²) in [6.45, 7) is 3.45. The van der Waals surface area contributed by atoms with Gasteiger partial charge < -0.3 is 15.1 Å². The molecule has 1 aliphatic heterocycles. The summed E-state index contributed by atoms with van der Waals surface area (Å²) in [6, 6.07) is 7.28. The zero-order valence-corrected chi connectivity index (χ0v) is 11.0. The number of phenols is 1. The van der Waals surface area contributed by atoms with Crippen molar-refractivity contribution in [1.82, 2.24) is 4.98 Å². The number of aromatic nitrogens is 1. The van der Waals surface area contributed by atoms with Gasteiger partial charge in [-0.15, -0.1) is 0 Å². The van der Waals surface area contributed by atoms with E-state index in [0.717, 1.165) is 42.5 Å². The summed E-state index contributed by atoms with van der Waals surface area (Å²) in [5.74, 6) is 1.15. The third kappa shape index (κ3) is 2.36. The van der Waals surface area contributed by atoms with Gasteiger partial charge in [-0.1, -0.05) is 6.07 Å². The number of fused-ring (bicyclic) bond motifs is 1. The molecule has 0 unspecified atom stereocenters. The van der Waals surface area contributed by atoms with Crippen molar-refractivity contribution in [3.63, 3.8) is 0 Å². The van der Waals surface area contributed by atoms with E-state index in [-0.39, 0.29) is 5.75 Å². The minimum absolute atomic E-state index is 0.255. The van der Waals surface area contributed by atoms with Gasteiger partial charge in [-0.2, -0.15) is 0 Å². The molecular weight excluding hydrogens is 240 g/mol. The lowest BCUT2D eigenvalue weighted by Gasteiger charge is -2.36. The third-order valence-electron chi connectivity index (χ3n) is 3.87. The van der Waals surface area contributed by atoms with E-state index in [0.29, 0.717) is 0 Å². The molecule has 1 fully saturated rings. The molecule has 2 aromatic rings. The number of hydrogen-bond donors (Lipinski definition) is 2. The summed E-state index contributed by atoms with van der Waals surface area (Å²) in [5.41, 5.74) is -0.566. The molecular formula is C15H18N2O2. The average molecular weight is 258 g/mol. The van der Waals surface area contributed by atoms with Gasteiger partial charge in [-0.05, 0) is 43.4 Å². The summed E-state index contributed by atoms with van der Waals surface area (Å²) < 4.78 is 0. The number of phenolic OH excluding ortho intramolecular Hbond substituents is 1. The van der Waals surface area contributed by atoms with E-state index in [2.05, 4.69) is 9.88 Å². The van der Waals surface area contributed by atoms with Crippen molar-refractivity contribution in [3.8, 4) is 5.75 Å². The van der Waals surface area contributed by atoms with Gasteiger partial charge in [0.25, 0.3) is 0 Å². The van der Waals surface area contributed by atoms with Crippen molar-refractivity contribution >= 4 is 16.6 Å². The Labute approximate surface area is 112 Å². The quantitative estimate of drug-likeness (QED) is 0.824. The van der Waals surface area contributed by atoms with Crippen molar-refractivity contribution in [2.75, 3.05) is 18.0 Å². The van der Waals surface area contributed by atoms with Crippen LogP contribution in [0.5, 0.6) is 5.75 Å². The van der Waals surface area contributed by atoms with Gasteiger partial charge in [0.2, 0.25) is 0 Å². The predicted octanol–water partition coefficient (Wildman–Crippen LogP) is 2.29. The van der Waals surface area contributed by atoms with Crippen LogP contribution in [-0.2, 0) is 0 Å². The first-order chi connectivity index (χ1) is 9.05. The lowest BCUT2D eigenvalue weighted by Crippen LogP contribution is -2.42. The van der Waals surface area contributed by atoms with Gasteiger partial charge in [0, 0.05) is 24.7 Å². The largest absolute Gasteiger partial charge is 0.508 e. The van der Waals surface area contributed by atoms with Crippen LogP contribution in [0.1, 0.15) is 19.8 Å². The Kier molecular flexibility index (Phi) is 2.82. The van der Waals surface area contributed by atoms with Crippen LogP contribution < -0.4 is 4.90 Å². The maximum Gasteiger partial charge on any atom is 0.136 e. The molecule has 1 aromatic heterocycles. The molecule has 1 saturated heterocycles. The number of piperidine rings is 1. The SMILES string of the molecule is CC1(O)CCN(c2nccc3ccc(O)cc23)CC1. The number of rotatable bonds is 1. The summed E-state index contributed by atoms with van der Waals surface area (Å²) >= 11 is 0. The lowest BCUT2D eigenvalue weighted by atomic mass is 9.93. The zero-order chi connectivity index (χ0) is 13.5. The molecule has 0 amide bonds. The second kappa shape index (κ2) is 4.38. The molecule has 1 aliphatic rings. The maximum absolute atomic E-state index is 10.0. The maximum atomic E-state index is 10.0. The van der Waals surface area contributed by atoms with Crippen molar-refractivity contribution in [1.29, 1.82) is 0 Å². The van der Waals surface area contributed by atoms with Crippen LogP contribution in [0.25, 0.3) is 10.8 Å². The first kappa shape index (κ1) is 12.2. The Morgan fingerprint density at radius 3 is 2.68 bits per heavy atom. The monoisotopic (exact) mass is 258 g/mol. The van der Waals surface area contributed by atoms with Crippen LogP contribution >= 0.6 is 0 Å². The Morgan fingerprint density at radius 2 is 1.95 bits per heavy atom. The minimum Gasteiger partial charge on any atom is -0.508 e. The van der Waals surface area contributed by atoms with Gasteiger partial charge in [-0.25, -0.2) is 4.98 Å². The van der Waals surface area contributed by atoms with Crippen LogP contribution in [0.2, 0.25) is 0 Å². The van der Waals surface area contributed by atoms with Crippen LogP contribution in [0, 0.1) is 0 Å². The summed E-state index contributed by atoms with van der Waals surface area (Å²) in [6.07, 6.45) is 3.27. The van der Waals surface area contributed by atoms with Crippen molar-refractivity contribution in [3.05, 3.63) is 30.5 Å². The highest BCUT2D eigenvalue weighted by Crippen LogP contribution is 2.31. The first-order valence-corrected chi connectivity index (χ1v) is 6.60. The minimum atomic E-state index is -0.566. The van der Waals surface area contributed by atoms with E-state index in [1.165, 1.54) is 0 Å². The molecule has 4 nitrogen and oxygen atoms in total. The molecule has 4 heteroatoms. The number of hydrogen-bond acceptors (Lipinski definition) is 4. The van der Waals surface area contributed by atoms with Crippen LogP contribution in [-0.4, -0.2) is 33.9 Å². The normalized spacial score (nSPS) is 18.7. The standard InChI is InChI=1S/C15H18N2O2/c1-15(19)5-8-17(9-6-15)14-13-10-12(18)3-2-11(13)4-7-16-14/h2-4,7,10,18-19H,5-6,8-9H2,1H3. The number of aromatic hydroxyl groups is 1. The topological polar surface area (TPSA) is 56.6 Å². The highest BCUT2D eigenvalue weighted by atomic mass is 16.3. The highest BCUT2D eigenvalue weighted by molar-refractivity contribution is 5.93. The second-order valence-electron chi connectivity index (χ2n) is 5.52. The summed E-state index contributed by atoms with van der Waals surface area (Å²) in [5, 5.41) is 21.7. The van der Waals surface area contributed by atoms with E-state index in [1.54, 1.807) is 18.3 Å². The zero-order valence-electron chi connectivity index (χ0n) is 11.0. The molecule has 2 heterocycles. The fraction of sp³-hybridized carbons (Fsp3) is 0.400. The Hall–Kier alpha value is -1.81. The van der Waals surface area contributed by atoms with Crippen molar-refractivity contribution < 1.29 is 10.2 Å². The first-order valence-electron chi connectivity index (χ1n) is 6.60. The number of aliphatic hydroxyl groups is 1. The number of anilines is 1. The molecule has 1 aromatic carbocycles. The van der Waals surface area contributed by atoms with E-state index in [9.17, 15) is 10.2 Å². The van der Waals surface area contributed by atoms with Gasteiger partial charge in [0.05, 0.1) is 5.60 Å². The van der Waals surface area contributed by atoms with Crippen LogP contribution in [0.3, 0.4) is 0 Å². The van der Waals surface area contributed by atoms with Gasteiger partial charge in [-0.3, -0.25) is 0 Å². The lowest BCUT2D eigenvalue weighted by molar-refractivity contribution is 0.0350. The molecule has 0 aliphatic carbocycles. The molecule has 0 spiro atoms. The number of benzene rings is 1. The van der Waals surface area contributed by atoms with Gasteiger partial charge in [0.1, 0.15) is 11.6 Å². The van der Waals surface area contributed by atoms with Crippen molar-refractivity contribution in [2.45, 2.75) is 25.4 Å². The predicted molar refractivity (Wildman–Crippen MR) is 75.5 cm³/mol. The molecule has 100 valence electrons. The smallest absolute Gasteiger partial charge is 0.136 e. The molecule has 0 radical (unpaired) electrons. The fourth-order valence-electron chi connectivity index (χ4n) is 2.59. The molecule has 2 N–H and O–H groups in total. The third-order valence-corrected chi connectivity index (χ3v) is 3.87. The second-order valence-corrected chi connectivity index (χ2v) is 5.52. The molecule has 0 atom stereocenters. The molecule has 0 bridgehead atoms. The Morgan fingerprint density at radius 1 is 1.21 bits per heavy atom. The van der Waals surface area contributed by atoms with Gasteiger partial charge >= 0.3 is 0 Å². The van der Waals surface area contributed by atoms with E-state index < -0.39 is 5.60 Å². The number of nitrogens with zero attached hydrogens (tertiary/aromatic N) is 2. The van der Waals surface area contributed by atoms with E-state index in [1.807, 2.05) is 19.1 Å². The molecule has 0 saturated carbocycles. The Bertz CT molecular complexity index is 600. The molecule has 19 heavy (non-hydrogen) atoms. The molecule has 3 rings (SSSR count). The highest BCUT2D eigenvalue weighted by Gasteiger charge is 2.28. The van der Waals surface area contributed by atoms with Crippen LogP contribution in [0.4, 0.5) is 5.82 Å². The summed E-state index contributed by atoms with van der Waals surface area (Å²) in [7, 11) is 0. The number of pyridine rings is 1. The fourth-order valence-corrected chi connectivity index (χ4v) is 2.59. The summed E-state index contributed by atoms with van der Waals surface area (Å²) in [4.78, 5) is 6.63. The van der Waals surface area contributed by atoms with E-state index in [4.69, 9.17) is 0 Å². The van der Waals surface area contributed by atoms with Crippen molar-refractivity contribution in [2.24, 2.45) is 0 Å². The Balaban J connectivity index is 1.99. The van der Waals surface area contributed by atoms with E-state index >= 15 is 0 Å². The van der Waals surface area contributed by atoms with Gasteiger partial charge in [0.15, 0.2) is 0 Å². The van der Waals surface area contributed by atoms with Crippen LogP contribution in [0.15, 0.2) is 30.5 Å².